The summed E-state index contributed by atoms with van der Waals surface area (Å²) in [6.07, 6.45) is 1.81. The molecule has 170 valence electrons. The first-order valence-electron chi connectivity index (χ1n) is 10.8. The second kappa shape index (κ2) is 10.5. The van der Waals surface area contributed by atoms with Crippen molar-refractivity contribution in [1.29, 1.82) is 0 Å². The lowest BCUT2D eigenvalue weighted by molar-refractivity contribution is -0.142. The molecule has 0 bridgehead atoms. The number of aromatic nitrogens is 1. The smallest absolute Gasteiger partial charge is 0.309 e. The van der Waals surface area contributed by atoms with E-state index in [0.29, 0.717) is 30.9 Å². The number of fused-ring (bicyclic) bond motifs is 1. The van der Waals surface area contributed by atoms with Crippen molar-refractivity contribution >= 4 is 34.8 Å². The first-order valence-corrected chi connectivity index (χ1v) is 10.8. The Morgan fingerprint density at radius 3 is 2.70 bits per heavy atom. The van der Waals surface area contributed by atoms with Gasteiger partial charge in [0.15, 0.2) is 0 Å². The van der Waals surface area contributed by atoms with Crippen molar-refractivity contribution in [2.75, 3.05) is 35.7 Å². The first-order chi connectivity index (χ1) is 16.1. The van der Waals surface area contributed by atoms with Crippen LogP contribution in [0.2, 0.25) is 0 Å². The maximum absolute atomic E-state index is 12.5. The average Bonchev–Trinajstić information content (AvgIpc) is 2.85. The lowest BCUT2D eigenvalue weighted by Crippen LogP contribution is -2.38. The second-order valence-electron chi connectivity index (χ2n) is 7.59. The van der Waals surface area contributed by atoms with E-state index in [1.165, 1.54) is 7.11 Å². The fraction of sp³-hybridized carbons (Fsp3) is 0.240. The number of hydrogen-bond acceptors (Lipinski definition) is 7. The van der Waals surface area contributed by atoms with Crippen LogP contribution in [0.5, 0.6) is 5.75 Å². The van der Waals surface area contributed by atoms with Gasteiger partial charge in [-0.3, -0.25) is 9.59 Å². The van der Waals surface area contributed by atoms with Crippen LogP contribution in [0.3, 0.4) is 0 Å². The number of esters is 1. The Labute approximate surface area is 192 Å². The second-order valence-corrected chi connectivity index (χ2v) is 7.59. The molecule has 1 unspecified atom stereocenters. The van der Waals surface area contributed by atoms with E-state index >= 15 is 0 Å². The van der Waals surface area contributed by atoms with Gasteiger partial charge in [0.2, 0.25) is 5.91 Å². The molecule has 1 aliphatic heterocycles. The lowest BCUT2D eigenvalue weighted by atomic mass is 10.1. The monoisotopic (exact) mass is 446 g/mol. The SMILES string of the molecule is COC(=O)CC1CN(c2ccccc2)c2cc(NC(=O)CCNc3ccccn3)ccc2O1. The van der Waals surface area contributed by atoms with Crippen LogP contribution in [-0.4, -0.2) is 43.2 Å². The zero-order chi connectivity index (χ0) is 23.0. The van der Waals surface area contributed by atoms with Crippen LogP contribution in [0.25, 0.3) is 0 Å². The van der Waals surface area contributed by atoms with Gasteiger partial charge in [0.05, 0.1) is 25.8 Å². The fourth-order valence-electron chi connectivity index (χ4n) is 3.65. The minimum absolute atomic E-state index is 0.107. The van der Waals surface area contributed by atoms with Gasteiger partial charge in [-0.25, -0.2) is 4.98 Å². The zero-order valence-electron chi connectivity index (χ0n) is 18.4. The Bertz CT molecular complexity index is 1090. The van der Waals surface area contributed by atoms with Gasteiger partial charge >= 0.3 is 5.97 Å². The number of nitrogens with zero attached hydrogens (tertiary/aromatic N) is 2. The Kier molecular flexibility index (Phi) is 7.04. The van der Waals surface area contributed by atoms with Crippen molar-refractivity contribution in [3.05, 3.63) is 72.9 Å². The minimum atomic E-state index is -0.344. The van der Waals surface area contributed by atoms with E-state index in [0.717, 1.165) is 17.2 Å². The molecule has 33 heavy (non-hydrogen) atoms. The van der Waals surface area contributed by atoms with Gasteiger partial charge in [0, 0.05) is 30.5 Å². The molecule has 4 rings (SSSR count). The van der Waals surface area contributed by atoms with E-state index in [1.54, 1.807) is 12.3 Å². The van der Waals surface area contributed by atoms with E-state index in [9.17, 15) is 9.59 Å². The van der Waals surface area contributed by atoms with Crippen molar-refractivity contribution in [2.45, 2.75) is 18.9 Å². The lowest BCUT2D eigenvalue weighted by Gasteiger charge is -2.36. The average molecular weight is 447 g/mol. The van der Waals surface area contributed by atoms with E-state index < -0.39 is 0 Å². The van der Waals surface area contributed by atoms with Crippen molar-refractivity contribution in [2.24, 2.45) is 0 Å². The highest BCUT2D eigenvalue weighted by Crippen LogP contribution is 2.40. The van der Waals surface area contributed by atoms with Gasteiger partial charge in [0.1, 0.15) is 17.7 Å². The van der Waals surface area contributed by atoms with Gasteiger partial charge in [-0.1, -0.05) is 24.3 Å². The number of hydrogen-bond donors (Lipinski definition) is 2. The van der Waals surface area contributed by atoms with Crippen LogP contribution in [0.4, 0.5) is 22.9 Å². The van der Waals surface area contributed by atoms with Crippen molar-refractivity contribution < 1.29 is 19.1 Å². The first kappa shape index (κ1) is 22.1. The van der Waals surface area contributed by atoms with Crippen LogP contribution in [-0.2, 0) is 14.3 Å². The van der Waals surface area contributed by atoms with E-state index in [2.05, 4.69) is 20.5 Å². The number of methoxy groups -OCH3 is 1. The number of benzene rings is 2. The van der Waals surface area contributed by atoms with Crippen molar-refractivity contribution in [3.8, 4) is 5.75 Å². The molecule has 0 saturated carbocycles. The molecule has 1 atom stereocenters. The minimum Gasteiger partial charge on any atom is -0.486 e. The highest BCUT2D eigenvalue weighted by Gasteiger charge is 2.29. The van der Waals surface area contributed by atoms with E-state index in [4.69, 9.17) is 9.47 Å². The highest BCUT2D eigenvalue weighted by atomic mass is 16.5. The molecule has 1 aliphatic rings. The van der Waals surface area contributed by atoms with E-state index in [1.807, 2.05) is 60.7 Å². The number of carbonyl (C=O) groups is 2. The molecule has 1 aromatic heterocycles. The quantitative estimate of drug-likeness (QED) is 0.506. The largest absolute Gasteiger partial charge is 0.486 e. The summed E-state index contributed by atoms with van der Waals surface area (Å²) >= 11 is 0. The summed E-state index contributed by atoms with van der Waals surface area (Å²) in [4.78, 5) is 30.5. The number of para-hydroxylation sites is 1. The van der Waals surface area contributed by atoms with Crippen LogP contribution < -0.4 is 20.3 Å². The van der Waals surface area contributed by atoms with Gasteiger partial charge in [-0.15, -0.1) is 0 Å². The van der Waals surface area contributed by atoms with Crippen LogP contribution in [0.15, 0.2) is 72.9 Å². The summed E-state index contributed by atoms with van der Waals surface area (Å²) < 4.78 is 10.9. The molecule has 2 heterocycles. The third-order valence-electron chi connectivity index (χ3n) is 5.23. The number of anilines is 4. The summed E-state index contributed by atoms with van der Waals surface area (Å²) in [5.41, 5.74) is 2.47. The zero-order valence-corrected chi connectivity index (χ0v) is 18.4. The molecule has 8 heteroatoms. The summed E-state index contributed by atoms with van der Waals surface area (Å²) in [6, 6.07) is 21.0. The molecule has 0 saturated heterocycles. The molecule has 3 aromatic rings. The fourth-order valence-corrected chi connectivity index (χ4v) is 3.65. The summed E-state index contributed by atoms with van der Waals surface area (Å²) in [6.45, 7) is 0.958. The van der Waals surface area contributed by atoms with Gasteiger partial charge < -0.3 is 25.0 Å². The third-order valence-corrected chi connectivity index (χ3v) is 5.23. The predicted octanol–water partition coefficient (Wildman–Crippen LogP) is 3.98. The highest BCUT2D eigenvalue weighted by molar-refractivity contribution is 5.92. The summed E-state index contributed by atoms with van der Waals surface area (Å²) in [5, 5.41) is 6.07. The number of ether oxygens (including phenoxy) is 2. The molecular formula is C25H26N4O4. The van der Waals surface area contributed by atoms with Crippen LogP contribution in [0, 0.1) is 0 Å². The number of nitrogens with one attached hydrogen (secondary N) is 2. The standard InChI is InChI=1S/C25H26N4O4/c1-32-25(31)16-20-17-29(19-7-3-2-4-8-19)21-15-18(10-11-22(21)33-20)28-24(30)12-14-27-23-9-5-6-13-26-23/h2-11,13,15,20H,12,14,16-17H2,1H3,(H,26,27)(H,28,30). The van der Waals surface area contributed by atoms with Gasteiger partial charge in [0.25, 0.3) is 0 Å². The molecule has 8 nitrogen and oxygen atoms in total. The van der Waals surface area contributed by atoms with E-state index in [-0.39, 0.29) is 24.4 Å². The molecule has 0 fully saturated rings. The number of carbonyl (C=O) groups excluding carboxylic acids is 2. The maximum atomic E-state index is 12.5. The Hall–Kier alpha value is -4.07. The number of pyridine rings is 1. The van der Waals surface area contributed by atoms with Crippen molar-refractivity contribution in [1.82, 2.24) is 4.98 Å². The molecule has 0 spiro atoms. The van der Waals surface area contributed by atoms with Crippen molar-refractivity contribution in [3.63, 3.8) is 0 Å². The molecule has 2 aromatic carbocycles. The summed E-state index contributed by atoms with van der Waals surface area (Å²) in [5.74, 6) is 0.953. The Morgan fingerprint density at radius 1 is 1.12 bits per heavy atom. The molecule has 0 aliphatic carbocycles. The molecular weight excluding hydrogens is 420 g/mol. The molecule has 0 radical (unpaired) electrons. The van der Waals surface area contributed by atoms with Crippen LogP contribution >= 0.6 is 0 Å². The number of rotatable bonds is 8. The number of amides is 1. The molecule has 2 N–H and O–H groups in total. The summed E-state index contributed by atoms with van der Waals surface area (Å²) in [7, 11) is 1.37. The normalized spacial score (nSPS) is 14.6. The Balaban J connectivity index is 1.46. The molecule has 1 amide bonds. The Morgan fingerprint density at radius 2 is 1.94 bits per heavy atom. The third kappa shape index (κ3) is 5.79. The predicted molar refractivity (Wildman–Crippen MR) is 127 cm³/mol. The van der Waals surface area contributed by atoms with Gasteiger partial charge in [-0.2, -0.15) is 0 Å². The maximum Gasteiger partial charge on any atom is 0.309 e. The van der Waals surface area contributed by atoms with Gasteiger partial charge in [-0.05, 0) is 42.5 Å². The van der Waals surface area contributed by atoms with Crippen LogP contribution in [0.1, 0.15) is 12.8 Å². The topological polar surface area (TPSA) is 92.8 Å².